The molecule has 0 aliphatic heterocycles. The highest BCUT2D eigenvalue weighted by Gasteiger charge is 2.08. The van der Waals surface area contributed by atoms with Crippen molar-refractivity contribution in [1.29, 1.82) is 0 Å². The molecule has 0 saturated heterocycles. The van der Waals surface area contributed by atoms with Crippen LogP contribution in [0.5, 0.6) is 0 Å². The van der Waals surface area contributed by atoms with Crippen LogP contribution in [0.25, 0.3) is 11.3 Å². The Hall–Kier alpha value is -2.17. The molecule has 22 heavy (non-hydrogen) atoms. The first kappa shape index (κ1) is 14.8. The number of hydrazone groups is 1. The van der Waals surface area contributed by atoms with Gasteiger partial charge >= 0.3 is 0 Å². The number of hydrogen-bond donors (Lipinski definition) is 1. The Balaban J connectivity index is 1.74. The van der Waals surface area contributed by atoms with Crippen LogP contribution >= 0.6 is 22.9 Å². The zero-order valence-electron chi connectivity index (χ0n) is 12.0. The molecule has 0 radical (unpaired) electrons. The molecule has 0 spiro atoms. The van der Waals surface area contributed by atoms with Crippen LogP contribution in [0.15, 0.2) is 59.7 Å². The van der Waals surface area contributed by atoms with E-state index in [1.54, 1.807) is 17.6 Å². The Labute approximate surface area is 138 Å². The Morgan fingerprint density at radius 1 is 1.14 bits per heavy atom. The summed E-state index contributed by atoms with van der Waals surface area (Å²) in [6.07, 6.45) is 1.73. The van der Waals surface area contributed by atoms with E-state index >= 15 is 0 Å². The highest BCUT2D eigenvalue weighted by atomic mass is 35.5. The maximum Gasteiger partial charge on any atom is 0.204 e. The van der Waals surface area contributed by atoms with Gasteiger partial charge in [-0.3, -0.25) is 5.43 Å². The van der Waals surface area contributed by atoms with E-state index < -0.39 is 0 Å². The smallest absolute Gasteiger partial charge is 0.204 e. The number of nitrogens with one attached hydrogen (secondary N) is 1. The van der Waals surface area contributed by atoms with Gasteiger partial charge in [0.15, 0.2) is 0 Å². The third kappa shape index (κ3) is 3.53. The molecule has 1 aromatic heterocycles. The van der Waals surface area contributed by atoms with Crippen molar-refractivity contribution >= 4 is 34.3 Å². The van der Waals surface area contributed by atoms with Crippen LogP contribution in [-0.2, 0) is 0 Å². The van der Waals surface area contributed by atoms with Gasteiger partial charge in [0.05, 0.1) is 11.9 Å². The van der Waals surface area contributed by atoms with Crippen LogP contribution in [0.2, 0.25) is 5.02 Å². The molecule has 0 fully saturated rings. The van der Waals surface area contributed by atoms with Gasteiger partial charge < -0.3 is 0 Å². The van der Waals surface area contributed by atoms with Gasteiger partial charge in [0.1, 0.15) is 0 Å². The van der Waals surface area contributed by atoms with Gasteiger partial charge in [-0.25, -0.2) is 4.98 Å². The predicted molar refractivity (Wildman–Crippen MR) is 95.0 cm³/mol. The van der Waals surface area contributed by atoms with Crippen molar-refractivity contribution < 1.29 is 0 Å². The Bertz CT molecular complexity index is 797. The first-order chi connectivity index (χ1) is 10.7. The quantitative estimate of drug-likeness (QED) is 0.527. The number of aromatic nitrogens is 1. The lowest BCUT2D eigenvalue weighted by Gasteiger charge is -1.97. The lowest BCUT2D eigenvalue weighted by molar-refractivity contribution is 1.28. The van der Waals surface area contributed by atoms with E-state index in [0.717, 1.165) is 26.8 Å². The van der Waals surface area contributed by atoms with E-state index in [9.17, 15) is 0 Å². The predicted octanol–water partition coefficient (Wildman–Crippen LogP) is 5.22. The zero-order valence-corrected chi connectivity index (χ0v) is 13.5. The van der Waals surface area contributed by atoms with Gasteiger partial charge in [0, 0.05) is 15.5 Å². The van der Waals surface area contributed by atoms with Crippen molar-refractivity contribution in [3.63, 3.8) is 0 Å². The molecule has 0 bridgehead atoms. The van der Waals surface area contributed by atoms with Gasteiger partial charge in [-0.2, -0.15) is 5.10 Å². The van der Waals surface area contributed by atoms with Crippen LogP contribution in [0.4, 0.5) is 5.13 Å². The Morgan fingerprint density at radius 3 is 2.73 bits per heavy atom. The first-order valence-corrected chi connectivity index (χ1v) is 7.99. The largest absolute Gasteiger partial charge is 0.253 e. The lowest BCUT2D eigenvalue weighted by atomic mass is 10.1. The maximum absolute atomic E-state index is 5.94. The van der Waals surface area contributed by atoms with E-state index in [-0.39, 0.29) is 0 Å². The molecule has 3 aromatic rings. The molecule has 0 atom stereocenters. The average Bonchev–Trinajstić information content (AvgIpc) is 2.89. The van der Waals surface area contributed by atoms with Gasteiger partial charge in [-0.05, 0) is 24.6 Å². The van der Waals surface area contributed by atoms with E-state index in [1.165, 1.54) is 0 Å². The van der Waals surface area contributed by atoms with Crippen molar-refractivity contribution in [1.82, 2.24) is 4.98 Å². The van der Waals surface area contributed by atoms with E-state index in [1.807, 2.05) is 42.5 Å². The summed E-state index contributed by atoms with van der Waals surface area (Å²) < 4.78 is 0. The first-order valence-electron chi connectivity index (χ1n) is 6.80. The highest BCUT2D eigenvalue weighted by molar-refractivity contribution is 7.15. The molecule has 3 rings (SSSR count). The summed E-state index contributed by atoms with van der Waals surface area (Å²) >= 11 is 7.53. The number of rotatable bonds is 4. The molecule has 2 aromatic carbocycles. The Morgan fingerprint density at radius 2 is 1.95 bits per heavy atom. The molecule has 3 nitrogen and oxygen atoms in total. The summed E-state index contributed by atoms with van der Waals surface area (Å²) in [6, 6.07) is 17.7. The minimum absolute atomic E-state index is 0.695. The highest BCUT2D eigenvalue weighted by Crippen LogP contribution is 2.30. The fourth-order valence-electron chi connectivity index (χ4n) is 2.06. The SMILES string of the molecule is Cc1sc(N/N=C/c2cccc(Cl)c2)nc1-c1ccccc1. The van der Waals surface area contributed by atoms with Crippen LogP contribution in [0.1, 0.15) is 10.4 Å². The lowest BCUT2D eigenvalue weighted by Crippen LogP contribution is -1.90. The minimum atomic E-state index is 0.695. The standard InChI is InChI=1S/C17H14ClN3S/c1-12-16(14-7-3-2-4-8-14)20-17(22-12)21-19-11-13-6-5-9-15(18)10-13/h2-11H,1H3,(H,20,21)/b19-11+. The summed E-state index contributed by atoms with van der Waals surface area (Å²) in [7, 11) is 0. The summed E-state index contributed by atoms with van der Waals surface area (Å²) in [5.74, 6) is 0. The fraction of sp³-hybridized carbons (Fsp3) is 0.0588. The van der Waals surface area contributed by atoms with Gasteiger partial charge in [-0.1, -0.05) is 54.1 Å². The number of benzene rings is 2. The molecule has 0 saturated carbocycles. The van der Waals surface area contributed by atoms with Crippen LogP contribution in [-0.4, -0.2) is 11.2 Å². The normalized spacial score (nSPS) is 11.0. The number of thiazole rings is 1. The summed E-state index contributed by atoms with van der Waals surface area (Å²) in [6.45, 7) is 2.06. The number of nitrogens with zero attached hydrogens (tertiary/aromatic N) is 2. The molecule has 0 aliphatic rings. The van der Waals surface area contributed by atoms with Crippen LogP contribution < -0.4 is 5.43 Å². The van der Waals surface area contributed by atoms with Crippen molar-refractivity contribution in [2.24, 2.45) is 5.10 Å². The molecule has 110 valence electrons. The molecule has 0 amide bonds. The Kier molecular flexibility index (Phi) is 4.51. The maximum atomic E-state index is 5.94. The molecule has 1 N–H and O–H groups in total. The summed E-state index contributed by atoms with van der Waals surface area (Å²) in [4.78, 5) is 5.76. The molecular formula is C17H14ClN3S. The number of hydrogen-bond acceptors (Lipinski definition) is 4. The topological polar surface area (TPSA) is 37.3 Å². The molecular weight excluding hydrogens is 314 g/mol. The molecule has 5 heteroatoms. The van der Waals surface area contributed by atoms with Crippen molar-refractivity contribution in [2.45, 2.75) is 6.92 Å². The third-order valence-electron chi connectivity index (χ3n) is 3.07. The van der Waals surface area contributed by atoms with Crippen molar-refractivity contribution in [3.8, 4) is 11.3 Å². The second kappa shape index (κ2) is 6.73. The number of halogens is 1. The number of aryl methyl sites for hydroxylation is 1. The second-order valence-electron chi connectivity index (χ2n) is 4.71. The molecule has 0 unspecified atom stereocenters. The minimum Gasteiger partial charge on any atom is -0.253 e. The van der Waals surface area contributed by atoms with Crippen LogP contribution in [0.3, 0.4) is 0 Å². The van der Waals surface area contributed by atoms with Crippen molar-refractivity contribution in [2.75, 3.05) is 5.43 Å². The average molecular weight is 328 g/mol. The molecule has 1 heterocycles. The van der Waals surface area contributed by atoms with E-state index in [0.29, 0.717) is 5.02 Å². The third-order valence-corrected chi connectivity index (χ3v) is 4.18. The van der Waals surface area contributed by atoms with Gasteiger partial charge in [0.25, 0.3) is 0 Å². The van der Waals surface area contributed by atoms with E-state index in [4.69, 9.17) is 11.6 Å². The van der Waals surface area contributed by atoms with Crippen molar-refractivity contribution in [3.05, 3.63) is 70.1 Å². The van der Waals surface area contributed by atoms with Crippen LogP contribution in [0, 0.1) is 6.92 Å². The monoisotopic (exact) mass is 327 g/mol. The van der Waals surface area contributed by atoms with E-state index in [2.05, 4.69) is 34.6 Å². The molecule has 0 aliphatic carbocycles. The van der Waals surface area contributed by atoms with Gasteiger partial charge in [-0.15, -0.1) is 11.3 Å². The van der Waals surface area contributed by atoms with Gasteiger partial charge in [0.2, 0.25) is 5.13 Å². The number of anilines is 1. The fourth-order valence-corrected chi connectivity index (χ4v) is 3.04. The zero-order chi connectivity index (χ0) is 15.4. The summed E-state index contributed by atoms with van der Waals surface area (Å²) in [5.41, 5.74) is 6.02. The second-order valence-corrected chi connectivity index (χ2v) is 6.35. The summed E-state index contributed by atoms with van der Waals surface area (Å²) in [5, 5.41) is 5.68.